The maximum atomic E-state index is 13.0. The van der Waals surface area contributed by atoms with Crippen LogP contribution in [0.25, 0.3) is 0 Å². The van der Waals surface area contributed by atoms with Crippen molar-refractivity contribution in [3.05, 3.63) is 63.6 Å². The van der Waals surface area contributed by atoms with Gasteiger partial charge >= 0.3 is 6.18 Å². The molecule has 2 heterocycles. The van der Waals surface area contributed by atoms with Crippen molar-refractivity contribution in [2.24, 2.45) is 0 Å². The van der Waals surface area contributed by atoms with Gasteiger partial charge in [-0.3, -0.25) is 9.59 Å². The molecule has 1 aliphatic carbocycles. The fourth-order valence-electron chi connectivity index (χ4n) is 3.75. The van der Waals surface area contributed by atoms with Gasteiger partial charge in [0.2, 0.25) is 0 Å². The minimum absolute atomic E-state index is 0.187. The maximum Gasteiger partial charge on any atom is 0.416 e. The summed E-state index contributed by atoms with van der Waals surface area (Å²) in [6.45, 7) is 3.29. The quantitative estimate of drug-likeness (QED) is 0.786. The Morgan fingerprint density at radius 3 is 2.38 bits per heavy atom. The van der Waals surface area contributed by atoms with Gasteiger partial charge in [0.25, 0.3) is 11.5 Å². The normalized spacial score (nSPS) is 17.5. The van der Waals surface area contributed by atoms with E-state index < -0.39 is 11.7 Å². The standard InChI is InChI=1S/C21H22F3N3O2/c1-14-7-8-27(16-5-6-16)20(29)18(14)19(28)26-11-9-25(10-12-26)17-4-2-3-15(13-17)21(22,23)24/h2-4,7-8,13,16H,5-6,9-12H2,1H3. The Balaban J connectivity index is 1.49. The van der Waals surface area contributed by atoms with Crippen molar-refractivity contribution in [2.75, 3.05) is 31.1 Å². The first-order valence-corrected chi connectivity index (χ1v) is 9.69. The zero-order valence-corrected chi connectivity index (χ0v) is 16.1. The van der Waals surface area contributed by atoms with Crippen molar-refractivity contribution in [3.63, 3.8) is 0 Å². The van der Waals surface area contributed by atoms with Crippen LogP contribution in [-0.2, 0) is 6.18 Å². The smallest absolute Gasteiger partial charge is 0.368 e. The van der Waals surface area contributed by atoms with Gasteiger partial charge in [0, 0.05) is 44.1 Å². The molecule has 154 valence electrons. The van der Waals surface area contributed by atoms with E-state index in [1.807, 2.05) is 4.90 Å². The Kier molecular flexibility index (Phi) is 4.88. The van der Waals surface area contributed by atoms with Gasteiger partial charge in [-0.1, -0.05) is 6.07 Å². The first kappa shape index (κ1) is 19.5. The topological polar surface area (TPSA) is 45.6 Å². The van der Waals surface area contributed by atoms with Crippen LogP contribution in [0.2, 0.25) is 0 Å². The number of hydrogen-bond acceptors (Lipinski definition) is 3. The molecule has 1 aliphatic heterocycles. The van der Waals surface area contributed by atoms with E-state index in [1.54, 1.807) is 34.7 Å². The van der Waals surface area contributed by atoms with E-state index in [0.717, 1.165) is 25.0 Å². The number of anilines is 1. The molecule has 0 spiro atoms. The lowest BCUT2D eigenvalue weighted by Crippen LogP contribution is -2.50. The average Bonchev–Trinajstić information content (AvgIpc) is 3.53. The number of amides is 1. The van der Waals surface area contributed by atoms with Crippen LogP contribution in [0.1, 0.15) is 40.4 Å². The molecule has 0 N–H and O–H groups in total. The number of carbonyl (C=O) groups excluding carboxylic acids is 1. The minimum Gasteiger partial charge on any atom is -0.368 e. The van der Waals surface area contributed by atoms with Crippen LogP contribution >= 0.6 is 0 Å². The first-order valence-electron chi connectivity index (χ1n) is 9.69. The molecule has 0 unspecified atom stereocenters. The number of pyridine rings is 1. The molecule has 4 rings (SSSR count). The Hall–Kier alpha value is -2.77. The molecule has 0 radical (unpaired) electrons. The van der Waals surface area contributed by atoms with Gasteiger partial charge in [-0.05, 0) is 49.6 Å². The molecule has 2 fully saturated rings. The van der Waals surface area contributed by atoms with E-state index in [1.165, 1.54) is 6.07 Å². The van der Waals surface area contributed by atoms with Gasteiger partial charge in [-0.15, -0.1) is 0 Å². The molecule has 2 aromatic rings. The molecule has 5 nitrogen and oxygen atoms in total. The van der Waals surface area contributed by atoms with Crippen LogP contribution < -0.4 is 10.5 Å². The van der Waals surface area contributed by atoms with E-state index in [9.17, 15) is 22.8 Å². The third-order valence-electron chi connectivity index (χ3n) is 5.59. The summed E-state index contributed by atoms with van der Waals surface area (Å²) in [5.41, 5.74) is 0.398. The molecule has 1 aromatic heterocycles. The van der Waals surface area contributed by atoms with Gasteiger partial charge in [-0.2, -0.15) is 13.2 Å². The zero-order chi connectivity index (χ0) is 20.8. The highest BCUT2D eigenvalue weighted by molar-refractivity contribution is 5.95. The van der Waals surface area contributed by atoms with Crippen molar-refractivity contribution in [1.82, 2.24) is 9.47 Å². The highest BCUT2D eigenvalue weighted by atomic mass is 19.4. The highest BCUT2D eigenvalue weighted by Gasteiger charge is 2.32. The lowest BCUT2D eigenvalue weighted by Gasteiger charge is -2.36. The van der Waals surface area contributed by atoms with Gasteiger partial charge in [0.05, 0.1) is 5.56 Å². The second-order valence-electron chi connectivity index (χ2n) is 7.64. The number of nitrogens with zero attached hydrogens (tertiary/aromatic N) is 3. The van der Waals surface area contributed by atoms with Gasteiger partial charge < -0.3 is 14.4 Å². The summed E-state index contributed by atoms with van der Waals surface area (Å²) in [6.07, 6.45) is -0.740. The van der Waals surface area contributed by atoms with Crippen LogP contribution in [-0.4, -0.2) is 41.6 Å². The van der Waals surface area contributed by atoms with Crippen molar-refractivity contribution in [1.29, 1.82) is 0 Å². The van der Waals surface area contributed by atoms with Crippen molar-refractivity contribution in [2.45, 2.75) is 32.0 Å². The summed E-state index contributed by atoms with van der Waals surface area (Å²) in [7, 11) is 0. The molecular weight excluding hydrogens is 383 g/mol. The zero-order valence-electron chi connectivity index (χ0n) is 16.1. The Labute approximate surface area is 166 Å². The monoisotopic (exact) mass is 405 g/mol. The number of hydrogen-bond donors (Lipinski definition) is 0. The number of aryl methyl sites for hydroxylation is 1. The number of alkyl halides is 3. The predicted molar refractivity (Wildman–Crippen MR) is 103 cm³/mol. The second-order valence-corrected chi connectivity index (χ2v) is 7.64. The predicted octanol–water partition coefficient (Wildman–Crippen LogP) is 3.47. The summed E-state index contributed by atoms with van der Waals surface area (Å²) < 4.78 is 40.5. The van der Waals surface area contributed by atoms with Gasteiger partial charge in [0.1, 0.15) is 5.56 Å². The van der Waals surface area contributed by atoms with E-state index >= 15 is 0 Å². The molecule has 0 bridgehead atoms. The molecule has 2 aliphatic rings. The van der Waals surface area contributed by atoms with Crippen LogP contribution in [0.5, 0.6) is 0 Å². The number of piperazine rings is 1. The number of aromatic nitrogens is 1. The van der Waals surface area contributed by atoms with Crippen molar-refractivity contribution < 1.29 is 18.0 Å². The van der Waals surface area contributed by atoms with Crippen LogP contribution in [0.15, 0.2) is 41.3 Å². The number of carbonyl (C=O) groups is 1. The summed E-state index contributed by atoms with van der Waals surface area (Å²) in [5.74, 6) is -0.300. The molecule has 1 aromatic carbocycles. The molecule has 1 amide bonds. The Bertz CT molecular complexity index is 987. The Morgan fingerprint density at radius 2 is 1.76 bits per heavy atom. The lowest BCUT2D eigenvalue weighted by atomic mass is 10.1. The lowest BCUT2D eigenvalue weighted by molar-refractivity contribution is -0.137. The maximum absolute atomic E-state index is 13.0. The van der Waals surface area contributed by atoms with Gasteiger partial charge in [0.15, 0.2) is 0 Å². The average molecular weight is 405 g/mol. The van der Waals surface area contributed by atoms with E-state index in [-0.39, 0.29) is 23.1 Å². The van der Waals surface area contributed by atoms with E-state index in [4.69, 9.17) is 0 Å². The van der Waals surface area contributed by atoms with Gasteiger partial charge in [-0.25, -0.2) is 0 Å². The number of rotatable bonds is 3. The second kappa shape index (κ2) is 7.24. The molecule has 1 saturated heterocycles. The summed E-state index contributed by atoms with van der Waals surface area (Å²) in [5, 5.41) is 0. The SMILES string of the molecule is Cc1ccn(C2CC2)c(=O)c1C(=O)N1CCN(c2cccc(C(F)(F)F)c2)CC1. The summed E-state index contributed by atoms with van der Waals surface area (Å²) >= 11 is 0. The highest BCUT2D eigenvalue weighted by Crippen LogP contribution is 2.34. The fourth-order valence-corrected chi connectivity index (χ4v) is 3.75. The van der Waals surface area contributed by atoms with E-state index in [2.05, 4.69) is 0 Å². The number of benzene rings is 1. The van der Waals surface area contributed by atoms with Crippen LogP contribution in [0.3, 0.4) is 0 Å². The molecular formula is C21H22F3N3O2. The van der Waals surface area contributed by atoms with Crippen LogP contribution in [0, 0.1) is 6.92 Å². The molecule has 1 saturated carbocycles. The van der Waals surface area contributed by atoms with Crippen molar-refractivity contribution >= 4 is 11.6 Å². The molecule has 0 atom stereocenters. The minimum atomic E-state index is -4.39. The van der Waals surface area contributed by atoms with Crippen molar-refractivity contribution in [3.8, 4) is 0 Å². The third-order valence-corrected chi connectivity index (χ3v) is 5.59. The largest absolute Gasteiger partial charge is 0.416 e. The summed E-state index contributed by atoms with van der Waals surface area (Å²) in [6, 6.07) is 7.20. The van der Waals surface area contributed by atoms with Crippen LogP contribution in [0.4, 0.5) is 18.9 Å². The third kappa shape index (κ3) is 3.88. The molecule has 8 heteroatoms. The molecule has 29 heavy (non-hydrogen) atoms. The summed E-state index contributed by atoms with van der Waals surface area (Å²) in [4.78, 5) is 29.2. The fraction of sp³-hybridized carbons (Fsp3) is 0.429. The Morgan fingerprint density at radius 1 is 1.07 bits per heavy atom. The first-order chi connectivity index (χ1) is 13.8. The number of halogens is 3. The van der Waals surface area contributed by atoms with E-state index in [0.29, 0.717) is 37.4 Å².